The number of aryl methyl sites for hydroxylation is 1. The summed E-state index contributed by atoms with van der Waals surface area (Å²) in [5.41, 5.74) is 2.88. The zero-order valence-electron chi connectivity index (χ0n) is 11.4. The summed E-state index contributed by atoms with van der Waals surface area (Å²) >= 11 is 1.71. The molecule has 6 heteroatoms. The lowest BCUT2D eigenvalue weighted by molar-refractivity contribution is -0.159. The van der Waals surface area contributed by atoms with Crippen LogP contribution in [-0.2, 0) is 16.1 Å². The Bertz CT molecular complexity index is 490. The maximum absolute atomic E-state index is 11.5. The van der Waals surface area contributed by atoms with Gasteiger partial charge in [0.15, 0.2) is 0 Å². The number of ether oxygens (including phenoxy) is 1. The van der Waals surface area contributed by atoms with Crippen molar-refractivity contribution in [2.45, 2.75) is 25.5 Å². The fraction of sp³-hybridized carbons (Fsp3) is 0.692. The molecule has 1 aromatic heterocycles. The Labute approximate surface area is 117 Å². The number of morpholine rings is 1. The predicted octanol–water partition coefficient (Wildman–Crippen LogP) is 0.885. The van der Waals surface area contributed by atoms with Crippen molar-refractivity contribution in [3.05, 3.63) is 16.1 Å². The summed E-state index contributed by atoms with van der Waals surface area (Å²) in [4.78, 5) is 21.3. The van der Waals surface area contributed by atoms with Crippen molar-refractivity contribution in [2.75, 3.05) is 33.3 Å². The normalized spacial score (nSPS) is 28.5. The minimum Gasteiger partial charge on any atom is -0.362 e. The number of likely N-dealkylation sites (N-methyl/N-ethyl adjacent to an activating group) is 1. The minimum absolute atomic E-state index is 0.0855. The van der Waals surface area contributed by atoms with Crippen LogP contribution in [0.15, 0.2) is 5.51 Å². The molecule has 0 radical (unpaired) electrons. The van der Waals surface area contributed by atoms with Crippen LogP contribution in [0.2, 0.25) is 0 Å². The summed E-state index contributed by atoms with van der Waals surface area (Å²) in [5.74, 6) is 0.0855. The van der Waals surface area contributed by atoms with Crippen LogP contribution in [0.25, 0.3) is 0 Å². The molecule has 2 fully saturated rings. The van der Waals surface area contributed by atoms with Crippen LogP contribution in [0.3, 0.4) is 0 Å². The van der Waals surface area contributed by atoms with Crippen molar-refractivity contribution < 1.29 is 9.53 Å². The molecule has 0 aromatic carbocycles. The number of hydrogen-bond acceptors (Lipinski definition) is 5. The third-order valence-corrected chi connectivity index (χ3v) is 4.98. The molecule has 3 heterocycles. The van der Waals surface area contributed by atoms with Crippen molar-refractivity contribution in [3.8, 4) is 0 Å². The van der Waals surface area contributed by atoms with Gasteiger partial charge in [-0.25, -0.2) is 4.98 Å². The first kappa shape index (κ1) is 13.0. The number of hydrogen-bond donors (Lipinski definition) is 0. The summed E-state index contributed by atoms with van der Waals surface area (Å²) in [7, 11) is 1.86. The zero-order chi connectivity index (χ0) is 13.5. The van der Waals surface area contributed by atoms with Crippen molar-refractivity contribution in [3.63, 3.8) is 0 Å². The Morgan fingerprint density at radius 1 is 1.53 bits per heavy atom. The molecule has 2 aliphatic heterocycles. The van der Waals surface area contributed by atoms with Gasteiger partial charge in [-0.1, -0.05) is 0 Å². The lowest BCUT2D eigenvalue weighted by atomic mass is 10.0. The lowest BCUT2D eigenvalue weighted by Gasteiger charge is -2.38. The third kappa shape index (κ3) is 2.52. The lowest BCUT2D eigenvalue weighted by Crippen LogP contribution is -2.54. The van der Waals surface area contributed by atoms with Crippen LogP contribution < -0.4 is 0 Å². The number of amides is 1. The third-order valence-electron chi connectivity index (χ3n) is 4.06. The predicted molar refractivity (Wildman–Crippen MR) is 73.1 cm³/mol. The van der Waals surface area contributed by atoms with Gasteiger partial charge in [0.25, 0.3) is 0 Å². The van der Waals surface area contributed by atoms with Gasteiger partial charge < -0.3 is 9.64 Å². The van der Waals surface area contributed by atoms with Crippen molar-refractivity contribution >= 4 is 17.2 Å². The van der Waals surface area contributed by atoms with Crippen LogP contribution in [0.4, 0.5) is 0 Å². The molecule has 1 aromatic rings. The van der Waals surface area contributed by atoms with Gasteiger partial charge in [0.2, 0.25) is 5.91 Å². The van der Waals surface area contributed by atoms with Crippen LogP contribution in [0.5, 0.6) is 0 Å². The number of rotatable bonds is 2. The first-order valence-corrected chi connectivity index (χ1v) is 7.45. The molecule has 0 N–H and O–H groups in total. The minimum atomic E-state index is -0.152. The van der Waals surface area contributed by atoms with Crippen molar-refractivity contribution in [1.29, 1.82) is 0 Å². The van der Waals surface area contributed by atoms with Gasteiger partial charge in [-0.15, -0.1) is 11.3 Å². The van der Waals surface area contributed by atoms with Crippen LogP contribution in [0, 0.1) is 6.92 Å². The molecule has 2 aliphatic rings. The van der Waals surface area contributed by atoms with Gasteiger partial charge in [-0.3, -0.25) is 9.69 Å². The summed E-state index contributed by atoms with van der Waals surface area (Å²) in [6, 6.07) is 0. The Balaban J connectivity index is 1.64. The van der Waals surface area contributed by atoms with Crippen LogP contribution in [-0.4, -0.2) is 59.6 Å². The van der Waals surface area contributed by atoms with E-state index in [1.54, 1.807) is 16.2 Å². The topological polar surface area (TPSA) is 45.7 Å². The Kier molecular flexibility index (Phi) is 3.32. The molecule has 0 bridgehead atoms. The van der Waals surface area contributed by atoms with Crippen LogP contribution >= 0.6 is 11.3 Å². The number of nitrogens with zero attached hydrogens (tertiary/aromatic N) is 3. The van der Waals surface area contributed by atoms with E-state index in [9.17, 15) is 4.79 Å². The number of aromatic nitrogens is 1. The van der Waals surface area contributed by atoms with E-state index in [4.69, 9.17) is 4.74 Å². The summed E-state index contributed by atoms with van der Waals surface area (Å²) in [6.07, 6.45) is 1.00. The Morgan fingerprint density at radius 2 is 2.37 bits per heavy atom. The maximum atomic E-state index is 11.5. The summed E-state index contributed by atoms with van der Waals surface area (Å²) in [5, 5.41) is 0. The highest BCUT2D eigenvalue weighted by Crippen LogP contribution is 2.30. The molecule has 2 saturated heterocycles. The van der Waals surface area contributed by atoms with Gasteiger partial charge in [-0.05, 0) is 13.3 Å². The summed E-state index contributed by atoms with van der Waals surface area (Å²) in [6.45, 7) is 5.87. The van der Waals surface area contributed by atoms with Gasteiger partial charge in [0, 0.05) is 31.6 Å². The van der Waals surface area contributed by atoms with Gasteiger partial charge >= 0.3 is 0 Å². The number of carbonyl (C=O) groups excluding carboxylic acids is 1. The second-order valence-corrected chi connectivity index (χ2v) is 6.48. The van der Waals surface area contributed by atoms with E-state index < -0.39 is 0 Å². The molecule has 3 rings (SSSR count). The second kappa shape index (κ2) is 4.85. The van der Waals surface area contributed by atoms with E-state index in [1.807, 2.05) is 12.6 Å². The highest BCUT2D eigenvalue weighted by molar-refractivity contribution is 7.09. The SMILES string of the molecule is Cc1ncsc1CN1CCC2(C1)CN(C)C(=O)CO2. The molecular formula is C13H19N3O2S. The largest absolute Gasteiger partial charge is 0.362 e. The zero-order valence-corrected chi connectivity index (χ0v) is 12.2. The van der Waals surface area contributed by atoms with Gasteiger partial charge in [0.05, 0.1) is 17.7 Å². The quantitative estimate of drug-likeness (QED) is 0.807. The fourth-order valence-electron chi connectivity index (χ4n) is 2.88. The number of carbonyl (C=O) groups is 1. The van der Waals surface area contributed by atoms with E-state index in [2.05, 4.69) is 16.8 Å². The van der Waals surface area contributed by atoms with E-state index >= 15 is 0 Å². The molecule has 19 heavy (non-hydrogen) atoms. The first-order valence-electron chi connectivity index (χ1n) is 6.57. The monoisotopic (exact) mass is 281 g/mol. The Hall–Kier alpha value is -0.980. The molecule has 104 valence electrons. The molecule has 5 nitrogen and oxygen atoms in total. The van der Waals surface area contributed by atoms with Gasteiger partial charge in [-0.2, -0.15) is 0 Å². The number of likely N-dealkylation sites (tertiary alicyclic amines) is 1. The highest BCUT2D eigenvalue weighted by Gasteiger charge is 2.44. The molecule has 1 spiro atoms. The Morgan fingerprint density at radius 3 is 3.05 bits per heavy atom. The standard InChI is InChI=1S/C13H19N3O2S/c1-10-11(19-9-14-10)5-16-4-3-13(8-16)7-15(2)12(17)6-18-13/h9H,3-8H2,1-2H3. The van der Waals surface area contributed by atoms with Gasteiger partial charge in [0.1, 0.15) is 12.2 Å². The molecule has 0 saturated carbocycles. The maximum Gasteiger partial charge on any atom is 0.248 e. The van der Waals surface area contributed by atoms with Crippen molar-refractivity contribution in [2.24, 2.45) is 0 Å². The average Bonchev–Trinajstić information content (AvgIpc) is 2.94. The molecule has 0 aliphatic carbocycles. The van der Waals surface area contributed by atoms with E-state index in [0.717, 1.165) is 31.7 Å². The molecule has 1 amide bonds. The fourth-order valence-corrected chi connectivity index (χ4v) is 3.70. The smallest absolute Gasteiger partial charge is 0.248 e. The van der Waals surface area contributed by atoms with E-state index in [0.29, 0.717) is 6.54 Å². The van der Waals surface area contributed by atoms with Crippen molar-refractivity contribution in [1.82, 2.24) is 14.8 Å². The van der Waals surface area contributed by atoms with Crippen LogP contribution in [0.1, 0.15) is 17.0 Å². The average molecular weight is 281 g/mol. The second-order valence-electron chi connectivity index (χ2n) is 5.54. The molecular weight excluding hydrogens is 262 g/mol. The number of thiazole rings is 1. The van der Waals surface area contributed by atoms with E-state index in [1.165, 1.54) is 4.88 Å². The highest BCUT2D eigenvalue weighted by atomic mass is 32.1. The summed E-state index contributed by atoms with van der Waals surface area (Å²) < 4.78 is 5.84. The van der Waals surface area contributed by atoms with E-state index in [-0.39, 0.29) is 18.1 Å². The molecule has 1 unspecified atom stereocenters. The molecule has 1 atom stereocenters. The first-order chi connectivity index (χ1) is 9.08.